The van der Waals surface area contributed by atoms with Gasteiger partial charge in [0.2, 0.25) is 0 Å². The van der Waals surface area contributed by atoms with Gasteiger partial charge in [0.15, 0.2) is 0 Å². The lowest BCUT2D eigenvalue weighted by Gasteiger charge is -2.56. The molecule has 0 heterocycles. The Morgan fingerprint density at radius 3 is 1.88 bits per heavy atom. The van der Waals surface area contributed by atoms with Crippen LogP contribution in [0.1, 0.15) is 58.3 Å². The van der Waals surface area contributed by atoms with Crippen molar-refractivity contribution in [1.29, 1.82) is 0 Å². The van der Waals surface area contributed by atoms with Crippen LogP contribution in [-0.2, 0) is 9.59 Å². The molecular formula is C15H22O2. The van der Waals surface area contributed by atoms with E-state index in [1.807, 2.05) is 6.92 Å². The molecule has 0 saturated heterocycles. The molecule has 0 N–H and O–H groups in total. The third-order valence-electron chi connectivity index (χ3n) is 5.38. The highest BCUT2D eigenvalue weighted by atomic mass is 16.1. The second kappa shape index (κ2) is 3.93. The number of carbonyl (C=O) groups is 2. The first kappa shape index (κ1) is 11.4. The van der Waals surface area contributed by atoms with Crippen LogP contribution in [0.4, 0.5) is 0 Å². The summed E-state index contributed by atoms with van der Waals surface area (Å²) in [5.74, 6) is 2.79. The van der Waals surface area contributed by atoms with Crippen LogP contribution in [0.3, 0.4) is 0 Å². The summed E-state index contributed by atoms with van der Waals surface area (Å²) in [7, 11) is 0. The lowest BCUT2D eigenvalue weighted by molar-refractivity contribution is -0.146. The highest BCUT2D eigenvalue weighted by Crippen LogP contribution is 2.60. The lowest BCUT2D eigenvalue weighted by atomic mass is 9.48. The second-order valence-electron chi connectivity index (χ2n) is 6.69. The SMILES string of the molecule is CCC(=O)CC(=O)C12CC3CC(CC(C3)C1)C2. The molecule has 0 unspecified atom stereocenters. The van der Waals surface area contributed by atoms with Crippen LogP contribution >= 0.6 is 0 Å². The second-order valence-corrected chi connectivity index (χ2v) is 6.69. The van der Waals surface area contributed by atoms with Crippen molar-refractivity contribution in [3.8, 4) is 0 Å². The Labute approximate surface area is 103 Å². The minimum absolute atomic E-state index is 0.0699. The molecule has 4 aliphatic rings. The highest BCUT2D eigenvalue weighted by molar-refractivity contribution is 6.01. The molecular weight excluding hydrogens is 212 g/mol. The molecule has 0 radical (unpaired) electrons. The van der Waals surface area contributed by atoms with E-state index in [2.05, 4.69) is 0 Å². The molecule has 0 aromatic rings. The average molecular weight is 234 g/mol. The van der Waals surface area contributed by atoms with Gasteiger partial charge in [0.1, 0.15) is 11.6 Å². The normalized spacial score (nSPS) is 42.8. The maximum Gasteiger partial charge on any atom is 0.146 e. The maximum absolute atomic E-state index is 12.4. The first-order chi connectivity index (χ1) is 8.11. The summed E-state index contributed by atoms with van der Waals surface area (Å²) >= 11 is 0. The fourth-order valence-electron chi connectivity index (χ4n) is 4.94. The molecule has 0 atom stereocenters. The molecule has 94 valence electrons. The molecule has 2 nitrogen and oxygen atoms in total. The zero-order valence-corrected chi connectivity index (χ0v) is 10.7. The first-order valence-electron chi connectivity index (χ1n) is 7.16. The third-order valence-corrected chi connectivity index (χ3v) is 5.38. The van der Waals surface area contributed by atoms with Gasteiger partial charge in [0.05, 0.1) is 6.42 Å². The van der Waals surface area contributed by atoms with Crippen molar-refractivity contribution in [2.75, 3.05) is 0 Å². The number of rotatable bonds is 4. The van der Waals surface area contributed by atoms with Crippen molar-refractivity contribution < 1.29 is 9.59 Å². The van der Waals surface area contributed by atoms with Gasteiger partial charge in [-0.05, 0) is 56.3 Å². The van der Waals surface area contributed by atoms with Crippen LogP contribution in [-0.4, -0.2) is 11.6 Å². The van der Waals surface area contributed by atoms with Crippen molar-refractivity contribution in [3.05, 3.63) is 0 Å². The minimum Gasteiger partial charge on any atom is -0.299 e. The topological polar surface area (TPSA) is 34.1 Å². The number of hydrogen-bond donors (Lipinski definition) is 0. The van der Waals surface area contributed by atoms with E-state index in [0.29, 0.717) is 6.42 Å². The summed E-state index contributed by atoms with van der Waals surface area (Å²) in [4.78, 5) is 23.9. The van der Waals surface area contributed by atoms with Crippen molar-refractivity contribution >= 4 is 11.6 Å². The molecule has 17 heavy (non-hydrogen) atoms. The first-order valence-corrected chi connectivity index (χ1v) is 7.16. The Hall–Kier alpha value is -0.660. The van der Waals surface area contributed by atoms with Crippen molar-refractivity contribution in [1.82, 2.24) is 0 Å². The van der Waals surface area contributed by atoms with E-state index in [1.165, 1.54) is 19.3 Å². The lowest BCUT2D eigenvalue weighted by Crippen LogP contribution is -2.50. The molecule has 0 aromatic heterocycles. The molecule has 4 fully saturated rings. The summed E-state index contributed by atoms with van der Waals surface area (Å²) in [5, 5.41) is 0. The van der Waals surface area contributed by atoms with Gasteiger partial charge < -0.3 is 0 Å². The fraction of sp³-hybridized carbons (Fsp3) is 0.867. The van der Waals surface area contributed by atoms with Gasteiger partial charge in [-0.3, -0.25) is 9.59 Å². The van der Waals surface area contributed by atoms with Gasteiger partial charge in [0.25, 0.3) is 0 Å². The number of carbonyl (C=O) groups excluding carboxylic acids is 2. The monoisotopic (exact) mass is 234 g/mol. The van der Waals surface area contributed by atoms with E-state index >= 15 is 0 Å². The maximum atomic E-state index is 12.4. The van der Waals surface area contributed by atoms with Crippen molar-refractivity contribution in [2.24, 2.45) is 23.2 Å². The number of Topliss-reactive ketones (excluding diaryl/α,β-unsaturated/α-hetero) is 2. The van der Waals surface area contributed by atoms with Crippen LogP contribution in [0.25, 0.3) is 0 Å². The smallest absolute Gasteiger partial charge is 0.146 e. The predicted molar refractivity (Wildman–Crippen MR) is 65.5 cm³/mol. The Balaban J connectivity index is 1.77. The van der Waals surface area contributed by atoms with E-state index in [0.717, 1.165) is 37.0 Å². The Morgan fingerprint density at radius 2 is 1.47 bits per heavy atom. The third kappa shape index (κ3) is 1.86. The molecule has 4 rings (SSSR count). The Bertz CT molecular complexity index is 321. The van der Waals surface area contributed by atoms with Gasteiger partial charge >= 0.3 is 0 Å². The molecule has 4 bridgehead atoms. The molecule has 4 aliphatic carbocycles. The van der Waals surface area contributed by atoms with Crippen LogP contribution in [0.15, 0.2) is 0 Å². The number of hydrogen-bond acceptors (Lipinski definition) is 2. The quantitative estimate of drug-likeness (QED) is 0.700. The van der Waals surface area contributed by atoms with Crippen LogP contribution in [0, 0.1) is 23.2 Å². The number of ketones is 2. The summed E-state index contributed by atoms with van der Waals surface area (Å²) in [6, 6.07) is 0. The molecule has 0 aromatic carbocycles. The summed E-state index contributed by atoms with van der Waals surface area (Å²) in [6.07, 6.45) is 8.07. The van der Waals surface area contributed by atoms with Gasteiger partial charge in [-0.1, -0.05) is 6.92 Å². The van der Waals surface area contributed by atoms with E-state index < -0.39 is 0 Å². The van der Waals surface area contributed by atoms with E-state index in [-0.39, 0.29) is 23.4 Å². The summed E-state index contributed by atoms with van der Waals surface area (Å²) < 4.78 is 0. The highest BCUT2D eigenvalue weighted by Gasteiger charge is 2.54. The van der Waals surface area contributed by atoms with Crippen LogP contribution < -0.4 is 0 Å². The summed E-state index contributed by atoms with van der Waals surface area (Å²) in [5.41, 5.74) is -0.0699. The predicted octanol–water partition coefficient (Wildman–Crippen LogP) is 3.14. The average Bonchev–Trinajstić information content (AvgIpc) is 2.26. The fourth-order valence-corrected chi connectivity index (χ4v) is 4.94. The zero-order valence-electron chi connectivity index (χ0n) is 10.7. The summed E-state index contributed by atoms with van der Waals surface area (Å²) in [6.45, 7) is 1.86. The molecule has 0 amide bonds. The standard InChI is InChI=1S/C15H22O2/c1-2-13(16)6-14(17)15-7-10-3-11(8-15)5-12(4-10)9-15/h10-12H,2-9H2,1H3. The van der Waals surface area contributed by atoms with Crippen molar-refractivity contribution in [2.45, 2.75) is 58.3 Å². The minimum atomic E-state index is -0.0699. The van der Waals surface area contributed by atoms with Gasteiger partial charge in [-0.2, -0.15) is 0 Å². The van der Waals surface area contributed by atoms with E-state index in [1.54, 1.807) is 0 Å². The molecule has 4 saturated carbocycles. The molecule has 2 heteroatoms. The van der Waals surface area contributed by atoms with Gasteiger partial charge in [-0.15, -0.1) is 0 Å². The van der Waals surface area contributed by atoms with Crippen LogP contribution in [0.5, 0.6) is 0 Å². The molecule has 0 spiro atoms. The zero-order chi connectivity index (χ0) is 12.0. The van der Waals surface area contributed by atoms with E-state index in [9.17, 15) is 9.59 Å². The Kier molecular flexibility index (Phi) is 2.64. The van der Waals surface area contributed by atoms with Crippen molar-refractivity contribution in [3.63, 3.8) is 0 Å². The van der Waals surface area contributed by atoms with Crippen LogP contribution in [0.2, 0.25) is 0 Å². The largest absolute Gasteiger partial charge is 0.299 e. The van der Waals surface area contributed by atoms with Gasteiger partial charge in [-0.25, -0.2) is 0 Å². The van der Waals surface area contributed by atoms with E-state index in [4.69, 9.17) is 0 Å². The molecule has 0 aliphatic heterocycles. The van der Waals surface area contributed by atoms with Gasteiger partial charge in [0, 0.05) is 11.8 Å². The Morgan fingerprint density at radius 1 is 1.00 bits per heavy atom.